The molecule has 1 aliphatic rings. The van der Waals surface area contributed by atoms with E-state index in [2.05, 4.69) is 4.98 Å². The van der Waals surface area contributed by atoms with E-state index in [0.717, 1.165) is 4.90 Å². The lowest BCUT2D eigenvalue weighted by Crippen LogP contribution is -2.29. The van der Waals surface area contributed by atoms with Crippen molar-refractivity contribution in [3.63, 3.8) is 0 Å². The number of hydrogen-bond donors (Lipinski definition) is 0. The van der Waals surface area contributed by atoms with Crippen molar-refractivity contribution in [1.82, 2.24) is 4.98 Å². The van der Waals surface area contributed by atoms with Crippen molar-refractivity contribution in [3.05, 3.63) is 107 Å². The lowest BCUT2D eigenvalue weighted by molar-refractivity contribution is -0.153. The molecule has 5 rings (SSSR count). The highest BCUT2D eigenvalue weighted by molar-refractivity contribution is 6.37. The normalized spacial score (nSPS) is 13.4. The number of nitrogens with zero attached hydrogens (tertiary/aromatic N) is 2. The molecule has 1 atom stereocenters. The van der Waals surface area contributed by atoms with Gasteiger partial charge in [0.1, 0.15) is 0 Å². The third kappa shape index (κ3) is 4.23. The highest BCUT2D eigenvalue weighted by Gasteiger charge is 2.40. The Morgan fingerprint density at radius 3 is 2.22 bits per heavy atom. The topological polar surface area (TPSA) is 103 Å². The molecule has 1 aliphatic heterocycles. The quantitative estimate of drug-likeness (QED) is 0.280. The Morgan fingerprint density at radius 1 is 0.865 bits per heavy atom. The largest absolute Gasteiger partial charge is 0.463 e. The van der Waals surface area contributed by atoms with Gasteiger partial charge in [-0.3, -0.25) is 14.6 Å². The maximum atomic E-state index is 13.4. The lowest BCUT2D eigenvalue weighted by atomic mass is 10.0. The van der Waals surface area contributed by atoms with Crippen molar-refractivity contribution >= 4 is 40.3 Å². The second kappa shape index (κ2) is 9.66. The third-order valence-corrected chi connectivity index (χ3v) is 6.10. The number of para-hydroxylation sites is 1. The number of carbonyl (C=O) groups is 4. The monoisotopic (exact) mass is 494 g/mol. The minimum atomic E-state index is -1.23. The van der Waals surface area contributed by atoms with Crippen LogP contribution in [0.4, 0.5) is 5.69 Å². The summed E-state index contributed by atoms with van der Waals surface area (Å²) in [6.45, 7) is 3.50. The Labute approximate surface area is 212 Å². The van der Waals surface area contributed by atoms with Crippen LogP contribution in [-0.2, 0) is 14.3 Å². The zero-order valence-corrected chi connectivity index (χ0v) is 20.1. The molecule has 0 fully saturated rings. The Kier molecular flexibility index (Phi) is 6.23. The van der Waals surface area contributed by atoms with Crippen molar-refractivity contribution < 1.29 is 28.7 Å². The summed E-state index contributed by atoms with van der Waals surface area (Å²) in [6, 6.07) is 21.6. The molecule has 0 spiro atoms. The van der Waals surface area contributed by atoms with Gasteiger partial charge in [-0.1, -0.05) is 48.5 Å². The van der Waals surface area contributed by atoms with Crippen LogP contribution in [-0.4, -0.2) is 35.3 Å². The molecule has 184 valence electrons. The molecule has 37 heavy (non-hydrogen) atoms. The van der Waals surface area contributed by atoms with Crippen LogP contribution in [0.3, 0.4) is 0 Å². The van der Waals surface area contributed by atoms with E-state index in [0.29, 0.717) is 33.4 Å². The molecule has 0 saturated carbocycles. The average Bonchev–Trinajstić information content (AvgIpc) is 3.18. The third-order valence-electron chi connectivity index (χ3n) is 6.10. The Balaban J connectivity index is 1.41. The molecule has 3 aromatic carbocycles. The summed E-state index contributed by atoms with van der Waals surface area (Å²) in [5.74, 6) is -2.36. The molecule has 4 aromatic rings. The van der Waals surface area contributed by atoms with Gasteiger partial charge in [0.2, 0.25) is 6.10 Å². The highest BCUT2D eigenvalue weighted by Crippen LogP contribution is 2.34. The van der Waals surface area contributed by atoms with Crippen LogP contribution in [0.25, 0.3) is 10.9 Å². The molecule has 0 unspecified atom stereocenters. The number of pyridine rings is 1. The number of aromatic nitrogens is 1. The summed E-state index contributed by atoms with van der Waals surface area (Å²) < 4.78 is 10.6. The minimum absolute atomic E-state index is 0.138. The van der Waals surface area contributed by atoms with Gasteiger partial charge in [0.05, 0.1) is 40.2 Å². The fourth-order valence-electron chi connectivity index (χ4n) is 4.39. The van der Waals surface area contributed by atoms with Crippen LogP contribution in [0, 0.1) is 6.92 Å². The molecule has 8 heteroatoms. The molecule has 0 aliphatic carbocycles. The number of ether oxygens (including phenoxy) is 2. The van der Waals surface area contributed by atoms with Gasteiger partial charge in [0, 0.05) is 10.9 Å². The second-order valence-corrected chi connectivity index (χ2v) is 8.41. The van der Waals surface area contributed by atoms with Gasteiger partial charge in [-0.25, -0.2) is 14.5 Å². The molecular weight excluding hydrogens is 472 g/mol. The van der Waals surface area contributed by atoms with E-state index in [1.807, 2.05) is 6.07 Å². The van der Waals surface area contributed by atoms with E-state index < -0.39 is 29.9 Å². The molecule has 1 aromatic heterocycles. The summed E-state index contributed by atoms with van der Waals surface area (Å²) in [5.41, 5.74) is 2.62. The van der Waals surface area contributed by atoms with Crippen LogP contribution in [0.2, 0.25) is 0 Å². The Hall–Kier alpha value is -4.85. The van der Waals surface area contributed by atoms with Crippen molar-refractivity contribution in [2.45, 2.75) is 20.0 Å². The number of esters is 2. The number of rotatable bonds is 6. The Bertz CT molecular complexity index is 1550. The summed E-state index contributed by atoms with van der Waals surface area (Å²) in [6.07, 6.45) is -1.23. The van der Waals surface area contributed by atoms with Gasteiger partial charge in [0.15, 0.2) is 0 Å². The summed E-state index contributed by atoms with van der Waals surface area (Å²) in [5, 5.41) is 0.607. The van der Waals surface area contributed by atoms with Crippen molar-refractivity contribution in [2.75, 3.05) is 11.5 Å². The first-order valence-corrected chi connectivity index (χ1v) is 11.7. The van der Waals surface area contributed by atoms with Gasteiger partial charge >= 0.3 is 11.9 Å². The smallest absolute Gasteiger partial charge is 0.352 e. The summed E-state index contributed by atoms with van der Waals surface area (Å²) >= 11 is 0. The number of amides is 2. The van der Waals surface area contributed by atoms with E-state index in [1.165, 1.54) is 24.3 Å². The number of carbonyl (C=O) groups excluding carboxylic acids is 4. The molecule has 0 N–H and O–H groups in total. The van der Waals surface area contributed by atoms with Crippen LogP contribution >= 0.6 is 0 Å². The summed E-state index contributed by atoms with van der Waals surface area (Å²) in [7, 11) is 0. The maximum absolute atomic E-state index is 13.4. The number of aryl methyl sites for hydroxylation is 1. The van der Waals surface area contributed by atoms with Crippen LogP contribution < -0.4 is 4.90 Å². The molecule has 2 amide bonds. The number of anilines is 1. The fraction of sp³-hybridized carbons (Fsp3) is 0.138. The van der Waals surface area contributed by atoms with Gasteiger partial charge in [-0.2, -0.15) is 0 Å². The van der Waals surface area contributed by atoms with E-state index in [4.69, 9.17) is 9.47 Å². The van der Waals surface area contributed by atoms with Crippen molar-refractivity contribution in [2.24, 2.45) is 0 Å². The summed E-state index contributed by atoms with van der Waals surface area (Å²) in [4.78, 5) is 57.5. The molecule has 8 nitrogen and oxygen atoms in total. The standard InChI is InChI=1S/C29H22N2O6/c1-3-36-29(35)25(18-9-5-4-6-10-18)37-28(34)19-13-15-20(16-14-19)31-26(32)23-17(2)30-22-12-8-7-11-21(22)24(23)27(31)33/h4-16,25H,3H2,1-2H3/t25-/m1/s1. The van der Waals surface area contributed by atoms with Gasteiger partial charge in [-0.15, -0.1) is 0 Å². The van der Waals surface area contributed by atoms with Crippen LogP contribution in [0.15, 0.2) is 78.9 Å². The number of benzene rings is 3. The van der Waals surface area contributed by atoms with E-state index in [1.54, 1.807) is 62.4 Å². The second-order valence-electron chi connectivity index (χ2n) is 8.41. The SMILES string of the molecule is CCOC(=O)[C@H](OC(=O)c1ccc(N2C(=O)c3c(C)nc4ccccc4c3C2=O)cc1)c1ccccc1. The fourth-order valence-corrected chi connectivity index (χ4v) is 4.39. The zero-order valence-electron chi connectivity index (χ0n) is 20.1. The van der Waals surface area contributed by atoms with Gasteiger partial charge < -0.3 is 9.47 Å². The highest BCUT2D eigenvalue weighted by atomic mass is 16.6. The van der Waals surface area contributed by atoms with Gasteiger partial charge in [0.25, 0.3) is 11.8 Å². The number of imide groups is 1. The van der Waals surface area contributed by atoms with Gasteiger partial charge in [-0.05, 0) is 44.2 Å². The predicted octanol–water partition coefficient (Wildman–Crippen LogP) is 4.81. The maximum Gasteiger partial charge on any atom is 0.352 e. The van der Waals surface area contributed by atoms with E-state index in [9.17, 15) is 19.2 Å². The van der Waals surface area contributed by atoms with Crippen LogP contribution in [0.5, 0.6) is 0 Å². The lowest BCUT2D eigenvalue weighted by Gasteiger charge is -2.17. The molecule has 0 saturated heterocycles. The zero-order chi connectivity index (χ0) is 26.1. The van der Waals surface area contributed by atoms with Crippen LogP contribution in [0.1, 0.15) is 55.4 Å². The molecule has 0 bridgehead atoms. The molecule has 0 radical (unpaired) electrons. The minimum Gasteiger partial charge on any atom is -0.463 e. The van der Waals surface area contributed by atoms with Crippen molar-refractivity contribution in [1.29, 1.82) is 0 Å². The first kappa shape index (κ1) is 23.9. The molecule has 2 heterocycles. The van der Waals surface area contributed by atoms with E-state index in [-0.39, 0.29) is 17.7 Å². The van der Waals surface area contributed by atoms with Crippen molar-refractivity contribution in [3.8, 4) is 0 Å². The first-order valence-electron chi connectivity index (χ1n) is 11.7. The Morgan fingerprint density at radius 2 is 1.51 bits per heavy atom. The number of fused-ring (bicyclic) bond motifs is 3. The van der Waals surface area contributed by atoms with E-state index >= 15 is 0 Å². The average molecular weight is 495 g/mol. The number of hydrogen-bond acceptors (Lipinski definition) is 7. The predicted molar refractivity (Wildman–Crippen MR) is 135 cm³/mol. The first-order chi connectivity index (χ1) is 17.9. The molecular formula is C29H22N2O6.